The van der Waals surface area contributed by atoms with Gasteiger partial charge in [0.2, 0.25) is 0 Å². The van der Waals surface area contributed by atoms with Crippen molar-refractivity contribution in [3.63, 3.8) is 0 Å². The van der Waals surface area contributed by atoms with Crippen LogP contribution < -0.4 is 34.2 Å². The highest BCUT2D eigenvalue weighted by atomic mass is 16.1. The first-order chi connectivity index (χ1) is 46.3. The van der Waals surface area contributed by atoms with E-state index in [-0.39, 0.29) is 44.0 Å². The van der Waals surface area contributed by atoms with E-state index in [1.54, 1.807) is 32.0 Å². The van der Waals surface area contributed by atoms with Crippen molar-refractivity contribution in [3.05, 3.63) is 126 Å². The summed E-state index contributed by atoms with van der Waals surface area (Å²) in [4.78, 5) is 75.8. The minimum Gasteiger partial charge on any atom is -0.397 e. The molecular weight excluding hydrogens is 1260 g/mol. The maximum absolute atomic E-state index is 11.6. The van der Waals surface area contributed by atoms with Crippen LogP contribution in [0.15, 0.2) is 85.6 Å². The second-order valence-corrected chi connectivity index (χ2v) is 31.3. The van der Waals surface area contributed by atoms with Crippen molar-refractivity contribution >= 4 is 106 Å². The Morgan fingerprint density at radius 1 is 0.410 bits per heavy atom. The second kappa shape index (κ2) is 28.0. The smallest absolute Gasteiger partial charge is 0.279 e. The zero-order chi connectivity index (χ0) is 74.2. The molecule has 30 nitrogen and oxygen atoms in total. The molecule has 0 aliphatic rings. The molecule has 100 heavy (non-hydrogen) atoms. The predicted octanol–water partition coefficient (Wildman–Crippen LogP) is 11.8. The normalized spacial score (nSPS) is 12.2. The highest BCUT2D eigenvalue weighted by Gasteiger charge is 2.26. The van der Waals surface area contributed by atoms with Crippen LogP contribution in [-0.4, -0.2) is 118 Å². The van der Waals surface area contributed by atoms with E-state index in [9.17, 15) is 4.79 Å². The van der Waals surface area contributed by atoms with Gasteiger partial charge in [0.05, 0.1) is 65.1 Å². The molecule has 0 aliphatic heterocycles. The number of nitrogens with two attached hydrogens (primary N) is 5. The molecule has 0 saturated heterocycles. The summed E-state index contributed by atoms with van der Waals surface area (Å²) >= 11 is 0. The van der Waals surface area contributed by atoms with Gasteiger partial charge in [-0.2, -0.15) is 10.2 Å². The topological polar surface area (TPSA) is 436 Å². The van der Waals surface area contributed by atoms with E-state index in [2.05, 4.69) is 234 Å². The summed E-state index contributed by atoms with van der Waals surface area (Å²) in [5, 5.41) is 14.3. The molecule has 0 saturated carbocycles. The molecule has 530 valence electrons. The van der Waals surface area contributed by atoms with Crippen LogP contribution in [0.4, 0.5) is 29.0 Å². The van der Waals surface area contributed by atoms with Gasteiger partial charge in [-0.15, -0.1) is 0 Å². The molecule has 0 aliphatic carbocycles. The Hall–Kier alpha value is -11.1. The number of anilines is 5. The first kappa shape index (κ1) is 74.7. The Morgan fingerprint density at radius 3 is 1.49 bits per heavy atom. The number of hydrogen-bond donors (Lipinski definition) is 9. The average Bonchev–Trinajstić information content (AvgIpc) is 1.65. The number of benzene rings is 1. The van der Waals surface area contributed by atoms with Crippen LogP contribution in [0.1, 0.15) is 180 Å². The van der Waals surface area contributed by atoms with Crippen molar-refractivity contribution in [2.24, 2.45) is 0 Å². The van der Waals surface area contributed by atoms with E-state index in [4.69, 9.17) is 28.7 Å². The highest BCUT2D eigenvalue weighted by molar-refractivity contribution is 5.89. The molecule has 1 aromatic carbocycles. The van der Waals surface area contributed by atoms with Gasteiger partial charge < -0.3 is 56.9 Å². The third kappa shape index (κ3) is 16.9. The van der Waals surface area contributed by atoms with Crippen LogP contribution >= 0.6 is 0 Å². The van der Waals surface area contributed by atoms with Crippen LogP contribution in [0.5, 0.6) is 0 Å². The number of aromatic nitrogens is 24. The van der Waals surface area contributed by atoms with Gasteiger partial charge in [-0.3, -0.25) is 15.0 Å². The van der Waals surface area contributed by atoms with Crippen LogP contribution in [0.2, 0.25) is 0 Å². The molecular formula is C70H99N29O. The summed E-state index contributed by atoms with van der Waals surface area (Å²) in [7, 11) is 0. The lowest BCUT2D eigenvalue weighted by Crippen LogP contribution is -2.22. The zero-order valence-corrected chi connectivity index (χ0v) is 62.2. The Balaban J connectivity index is 0.000000148. The van der Waals surface area contributed by atoms with E-state index < -0.39 is 0 Å². The molecule has 0 bridgehead atoms. The lowest BCUT2D eigenvalue weighted by molar-refractivity contribution is 0.405. The van der Waals surface area contributed by atoms with Gasteiger partial charge in [0.25, 0.3) is 5.56 Å². The standard InChI is InChI=1S/C11H15N3.C10H15N5.C10H14N4O.3C10H14N4.C9H13N5/c1-11(2,3)14-7-13-10-8(12)5-4-6-9(10)14;1-6-13-8(11)7-9(14-6)15(5-12-7)10(2,3)4;1-6-12-8-7(9(15)13-6)11-5-14(8)10(2,3)4;1-10(2,3)6-4-12-8-7(6)13-5-14-9(8)11;1-6-11-5-7-8(12-6)9(14-13-7)10(2,3)4;1-10(2,3)14-6-13-8-7(14)4-5-12-9(8)11;1-9(2,3)7-5-6(13-14-7)8(10)12-4-11-5/h4-7H,12H2,1-3H3;5H,1-4H3,(H2,11,13,14);5H,1-4H3,(H,12,13,15);4-5,12H,1-3H3,(H2,11,13,14);5H,1-4H3,(H,13,14);4-6H,1-3H3,(H2,11,12);4H,1-3H3,(H,13,14)(H2,10,11,12). The van der Waals surface area contributed by atoms with E-state index in [1.165, 1.54) is 18.2 Å². The summed E-state index contributed by atoms with van der Waals surface area (Å²) in [6.45, 7) is 49.9. The molecule has 14 aromatic rings. The molecule has 0 amide bonds. The number of para-hydroxylation sites is 1. The summed E-state index contributed by atoms with van der Waals surface area (Å²) < 4.78 is 8.15. The number of aromatic amines is 4. The quantitative estimate of drug-likeness (QED) is 0.0637. The first-order valence-electron chi connectivity index (χ1n) is 32.7. The molecule has 0 radical (unpaired) electrons. The molecule has 13 aromatic heterocycles. The zero-order valence-electron chi connectivity index (χ0n) is 62.2. The summed E-state index contributed by atoms with van der Waals surface area (Å²) in [6, 6.07) is 7.82. The number of pyridine rings is 1. The first-order valence-corrected chi connectivity index (χ1v) is 32.7. The fourth-order valence-corrected chi connectivity index (χ4v) is 10.5. The largest absolute Gasteiger partial charge is 0.397 e. The van der Waals surface area contributed by atoms with Crippen molar-refractivity contribution in [2.75, 3.05) is 28.7 Å². The summed E-state index contributed by atoms with van der Waals surface area (Å²) in [5.74, 6) is 3.92. The Labute approximate surface area is 581 Å². The van der Waals surface area contributed by atoms with Gasteiger partial charge in [0.15, 0.2) is 45.6 Å². The summed E-state index contributed by atoms with van der Waals surface area (Å²) in [5.41, 5.74) is 43.8. The lowest BCUT2D eigenvalue weighted by atomic mass is 9.88. The van der Waals surface area contributed by atoms with Crippen molar-refractivity contribution in [3.8, 4) is 0 Å². The molecule has 14 rings (SSSR count). The Kier molecular flexibility index (Phi) is 21.0. The minimum absolute atomic E-state index is 0.0164. The number of imidazole rings is 4. The van der Waals surface area contributed by atoms with Crippen LogP contribution in [-0.2, 0) is 38.4 Å². The van der Waals surface area contributed by atoms with Gasteiger partial charge >= 0.3 is 0 Å². The number of fused-ring (bicyclic) bond motifs is 7. The molecule has 0 atom stereocenters. The van der Waals surface area contributed by atoms with Gasteiger partial charge in [-0.05, 0) is 127 Å². The molecule has 30 heteroatoms. The fourth-order valence-electron chi connectivity index (χ4n) is 10.5. The van der Waals surface area contributed by atoms with Crippen LogP contribution in [0.25, 0.3) is 77.5 Å². The maximum atomic E-state index is 11.6. The third-order valence-corrected chi connectivity index (χ3v) is 15.6. The second-order valence-electron chi connectivity index (χ2n) is 31.3. The van der Waals surface area contributed by atoms with Crippen molar-refractivity contribution < 1.29 is 0 Å². The Bertz CT molecular complexity index is 4830. The van der Waals surface area contributed by atoms with Gasteiger partial charge in [-0.1, -0.05) is 68.4 Å². The average molecular weight is 1360 g/mol. The third-order valence-electron chi connectivity index (χ3n) is 15.6. The van der Waals surface area contributed by atoms with E-state index in [0.717, 1.165) is 78.2 Å². The maximum Gasteiger partial charge on any atom is 0.279 e. The minimum atomic E-state index is -0.180. The molecule has 0 spiro atoms. The Morgan fingerprint density at radius 2 is 0.910 bits per heavy atom. The molecule has 0 unspecified atom stereocenters. The number of rotatable bonds is 0. The summed E-state index contributed by atoms with van der Waals surface area (Å²) in [6.07, 6.45) is 15.5. The van der Waals surface area contributed by atoms with Gasteiger partial charge in [0.1, 0.15) is 68.7 Å². The van der Waals surface area contributed by atoms with Gasteiger partial charge in [-0.25, -0.2) is 69.8 Å². The van der Waals surface area contributed by atoms with Crippen molar-refractivity contribution in [1.82, 2.24) is 118 Å². The van der Waals surface area contributed by atoms with E-state index in [1.807, 2.05) is 86.9 Å². The molecule has 13 heterocycles. The number of nitrogens with zero attached hydrogens (tertiary/aromatic N) is 20. The van der Waals surface area contributed by atoms with E-state index in [0.29, 0.717) is 57.1 Å². The number of aryl methyl sites for hydroxylation is 3. The number of hydrogen-bond acceptors (Lipinski definition) is 22. The van der Waals surface area contributed by atoms with Crippen LogP contribution in [0, 0.1) is 20.8 Å². The van der Waals surface area contributed by atoms with Crippen molar-refractivity contribution in [2.45, 2.75) is 205 Å². The predicted molar refractivity (Wildman–Crippen MR) is 400 cm³/mol. The van der Waals surface area contributed by atoms with Crippen LogP contribution in [0.3, 0.4) is 0 Å². The molecule has 0 fully saturated rings. The number of nitrogens with one attached hydrogen (secondary N) is 4. The SMILES string of the molecule is CC(C)(C)c1[nH]nc2c(N)ncnc12.CC(C)(C)c1c[nH]c2c(N)ncnc12.CC(C)(C)n1cnc2c(N)cccc21.CC(C)(C)n1cnc2c(N)nccc21.Cc1nc(N)c2ncn(C(C)(C)C)c2n1.Cc1nc2c(ncn2C(C)(C)C)c(=O)[nH]1.Cc1ncc2n[nH]c(C(C)(C)C)c2n1. The van der Waals surface area contributed by atoms with Crippen molar-refractivity contribution in [1.29, 1.82) is 0 Å². The highest BCUT2D eigenvalue weighted by Crippen LogP contribution is 2.32. The number of nitrogen functional groups attached to an aromatic ring is 5. The molecule has 14 N–H and O–H groups in total. The monoisotopic (exact) mass is 1360 g/mol. The number of H-pyrrole nitrogens is 4. The fraction of sp³-hybridized carbons (Fsp3) is 0.443. The van der Waals surface area contributed by atoms with Gasteiger partial charge in [0, 0.05) is 50.9 Å². The van der Waals surface area contributed by atoms with E-state index >= 15 is 0 Å². The lowest BCUT2D eigenvalue weighted by Gasteiger charge is -2.21.